The molecule has 1 fully saturated rings. The summed E-state index contributed by atoms with van der Waals surface area (Å²) in [4.78, 5) is 30.1. The van der Waals surface area contributed by atoms with Crippen LogP contribution in [0.25, 0.3) is 11.0 Å². The highest BCUT2D eigenvalue weighted by molar-refractivity contribution is 5.97. The molecule has 1 aliphatic rings. The number of ether oxygens (including phenoxy) is 1. The first kappa shape index (κ1) is 15.6. The van der Waals surface area contributed by atoms with E-state index in [0.29, 0.717) is 30.4 Å². The highest BCUT2D eigenvalue weighted by Crippen LogP contribution is 2.20. The first-order chi connectivity index (χ1) is 12.2. The zero-order valence-corrected chi connectivity index (χ0v) is 14.0. The maximum absolute atomic E-state index is 12.7. The van der Waals surface area contributed by atoms with E-state index in [2.05, 4.69) is 19.9 Å². The van der Waals surface area contributed by atoms with Crippen molar-refractivity contribution in [2.45, 2.75) is 25.9 Å². The molecule has 3 heterocycles. The monoisotopic (exact) mass is 337 g/mol. The molecular formula is C18H19N5O2. The number of hydrogen-bond acceptors (Lipinski definition) is 5. The molecule has 1 aromatic carbocycles. The van der Waals surface area contributed by atoms with Crippen molar-refractivity contribution in [1.29, 1.82) is 0 Å². The van der Waals surface area contributed by atoms with E-state index in [1.54, 1.807) is 18.6 Å². The molecule has 1 amide bonds. The molecule has 0 spiro atoms. The lowest BCUT2D eigenvalue weighted by atomic mass is 10.1. The van der Waals surface area contributed by atoms with Crippen LogP contribution in [-0.4, -0.2) is 49.9 Å². The minimum Gasteiger partial charge on any atom is -0.474 e. The zero-order valence-electron chi connectivity index (χ0n) is 14.0. The van der Waals surface area contributed by atoms with E-state index in [1.807, 2.05) is 30.0 Å². The third kappa shape index (κ3) is 3.31. The fourth-order valence-electron chi connectivity index (χ4n) is 3.10. The van der Waals surface area contributed by atoms with E-state index < -0.39 is 0 Å². The van der Waals surface area contributed by atoms with Crippen LogP contribution in [0.5, 0.6) is 5.88 Å². The number of piperidine rings is 1. The first-order valence-corrected chi connectivity index (χ1v) is 8.38. The van der Waals surface area contributed by atoms with Crippen LogP contribution in [0.2, 0.25) is 0 Å². The molecule has 0 aliphatic carbocycles. The maximum Gasteiger partial charge on any atom is 0.253 e. The standard InChI is InChI=1S/C18H19N5O2/c1-12-19-7-4-17(22-12)25-14-5-8-23(9-6-14)18(24)13-2-3-15-16(10-13)21-11-20-15/h2-4,7,10-11,14H,5-6,8-9H2,1H3,(H,20,21). The Kier molecular flexibility index (Phi) is 4.05. The van der Waals surface area contributed by atoms with Gasteiger partial charge in [0.05, 0.1) is 17.4 Å². The van der Waals surface area contributed by atoms with Crippen LogP contribution in [-0.2, 0) is 0 Å². The van der Waals surface area contributed by atoms with Crippen molar-refractivity contribution >= 4 is 16.9 Å². The number of carbonyl (C=O) groups excluding carboxylic acids is 1. The molecule has 2 aromatic heterocycles. The summed E-state index contributed by atoms with van der Waals surface area (Å²) in [6.07, 6.45) is 4.99. The second kappa shape index (κ2) is 6.51. The number of nitrogens with one attached hydrogen (secondary N) is 1. The number of aryl methyl sites for hydroxylation is 1. The van der Waals surface area contributed by atoms with Crippen LogP contribution in [0.3, 0.4) is 0 Å². The van der Waals surface area contributed by atoms with Gasteiger partial charge in [0.1, 0.15) is 11.9 Å². The lowest BCUT2D eigenvalue weighted by Crippen LogP contribution is -2.41. The number of aromatic nitrogens is 4. The van der Waals surface area contributed by atoms with E-state index >= 15 is 0 Å². The van der Waals surface area contributed by atoms with Crippen LogP contribution in [0, 0.1) is 6.92 Å². The van der Waals surface area contributed by atoms with Gasteiger partial charge in [-0.25, -0.2) is 9.97 Å². The molecule has 7 nitrogen and oxygen atoms in total. The molecule has 0 saturated carbocycles. The van der Waals surface area contributed by atoms with Crippen molar-refractivity contribution in [3.8, 4) is 5.88 Å². The molecule has 1 N–H and O–H groups in total. The number of imidazole rings is 1. The number of rotatable bonds is 3. The van der Waals surface area contributed by atoms with Crippen LogP contribution in [0.4, 0.5) is 0 Å². The molecular weight excluding hydrogens is 318 g/mol. The number of fused-ring (bicyclic) bond motifs is 1. The Morgan fingerprint density at radius 3 is 2.88 bits per heavy atom. The Balaban J connectivity index is 1.38. The molecule has 0 unspecified atom stereocenters. The van der Waals surface area contributed by atoms with Crippen molar-refractivity contribution in [2.75, 3.05) is 13.1 Å². The predicted molar refractivity (Wildman–Crippen MR) is 92.4 cm³/mol. The Labute approximate surface area is 145 Å². The largest absolute Gasteiger partial charge is 0.474 e. The minimum absolute atomic E-state index is 0.0489. The summed E-state index contributed by atoms with van der Waals surface area (Å²) in [5, 5.41) is 0. The van der Waals surface area contributed by atoms with Gasteiger partial charge in [-0.1, -0.05) is 0 Å². The quantitative estimate of drug-likeness (QED) is 0.793. The number of amides is 1. The fourth-order valence-corrected chi connectivity index (χ4v) is 3.10. The Morgan fingerprint density at radius 1 is 1.24 bits per heavy atom. The summed E-state index contributed by atoms with van der Waals surface area (Å²) in [6, 6.07) is 7.32. The average molecular weight is 337 g/mol. The summed E-state index contributed by atoms with van der Waals surface area (Å²) in [6.45, 7) is 3.19. The normalized spacial score (nSPS) is 15.5. The lowest BCUT2D eigenvalue weighted by Gasteiger charge is -2.32. The smallest absolute Gasteiger partial charge is 0.253 e. The molecule has 1 saturated heterocycles. The van der Waals surface area contributed by atoms with Gasteiger partial charge in [0.25, 0.3) is 5.91 Å². The van der Waals surface area contributed by atoms with Gasteiger partial charge in [-0.15, -0.1) is 0 Å². The summed E-state index contributed by atoms with van der Waals surface area (Å²) >= 11 is 0. The average Bonchev–Trinajstić information content (AvgIpc) is 3.09. The number of hydrogen-bond donors (Lipinski definition) is 1. The molecule has 3 aromatic rings. The van der Waals surface area contributed by atoms with Crippen molar-refractivity contribution in [3.05, 3.63) is 48.2 Å². The summed E-state index contributed by atoms with van der Waals surface area (Å²) < 4.78 is 5.91. The van der Waals surface area contributed by atoms with Gasteiger partial charge >= 0.3 is 0 Å². The Hall–Kier alpha value is -2.96. The van der Waals surface area contributed by atoms with Gasteiger partial charge in [-0.05, 0) is 25.1 Å². The third-order valence-electron chi connectivity index (χ3n) is 4.43. The Morgan fingerprint density at radius 2 is 2.08 bits per heavy atom. The topological polar surface area (TPSA) is 84.0 Å². The van der Waals surface area contributed by atoms with E-state index in [-0.39, 0.29) is 12.0 Å². The maximum atomic E-state index is 12.7. The number of H-pyrrole nitrogens is 1. The highest BCUT2D eigenvalue weighted by atomic mass is 16.5. The molecule has 7 heteroatoms. The van der Waals surface area contributed by atoms with Gasteiger partial charge in [0.15, 0.2) is 0 Å². The zero-order chi connectivity index (χ0) is 17.2. The van der Waals surface area contributed by atoms with Crippen LogP contribution >= 0.6 is 0 Å². The molecule has 25 heavy (non-hydrogen) atoms. The van der Waals surface area contributed by atoms with Gasteiger partial charge in [-0.2, -0.15) is 4.98 Å². The van der Waals surface area contributed by atoms with Crippen molar-refractivity contribution in [1.82, 2.24) is 24.8 Å². The molecule has 4 rings (SSSR count). The van der Waals surface area contributed by atoms with E-state index in [1.165, 1.54) is 0 Å². The van der Waals surface area contributed by atoms with Crippen LogP contribution < -0.4 is 4.74 Å². The second-order valence-electron chi connectivity index (χ2n) is 6.19. The predicted octanol–water partition coefficient (Wildman–Crippen LogP) is 2.34. The lowest BCUT2D eigenvalue weighted by molar-refractivity contribution is 0.0587. The van der Waals surface area contributed by atoms with Gasteiger partial charge in [0.2, 0.25) is 5.88 Å². The van der Waals surface area contributed by atoms with Crippen molar-refractivity contribution in [3.63, 3.8) is 0 Å². The van der Waals surface area contributed by atoms with Crippen LogP contribution in [0.1, 0.15) is 29.0 Å². The van der Waals surface area contributed by atoms with Gasteiger partial charge in [0, 0.05) is 43.8 Å². The molecule has 128 valence electrons. The highest BCUT2D eigenvalue weighted by Gasteiger charge is 2.25. The SMILES string of the molecule is Cc1nccc(OC2CCN(C(=O)c3ccc4nc[nH]c4c3)CC2)n1. The van der Waals surface area contributed by atoms with E-state index in [9.17, 15) is 4.79 Å². The van der Waals surface area contributed by atoms with Gasteiger partial charge < -0.3 is 14.6 Å². The summed E-state index contributed by atoms with van der Waals surface area (Å²) in [7, 11) is 0. The van der Waals surface area contributed by atoms with E-state index in [4.69, 9.17) is 4.74 Å². The number of nitrogens with zero attached hydrogens (tertiary/aromatic N) is 4. The molecule has 0 bridgehead atoms. The molecule has 0 radical (unpaired) electrons. The fraction of sp³-hybridized carbons (Fsp3) is 0.333. The summed E-state index contributed by atoms with van der Waals surface area (Å²) in [5.74, 6) is 1.34. The Bertz CT molecular complexity index is 899. The minimum atomic E-state index is 0.0489. The number of benzene rings is 1. The number of aromatic amines is 1. The summed E-state index contributed by atoms with van der Waals surface area (Å²) in [5.41, 5.74) is 2.43. The number of likely N-dealkylation sites (tertiary alicyclic amines) is 1. The van der Waals surface area contributed by atoms with E-state index in [0.717, 1.165) is 23.9 Å². The van der Waals surface area contributed by atoms with Crippen molar-refractivity contribution in [2.24, 2.45) is 0 Å². The molecule has 0 atom stereocenters. The first-order valence-electron chi connectivity index (χ1n) is 8.38. The second-order valence-corrected chi connectivity index (χ2v) is 6.19. The number of carbonyl (C=O) groups is 1. The third-order valence-corrected chi connectivity index (χ3v) is 4.43. The van der Waals surface area contributed by atoms with Crippen molar-refractivity contribution < 1.29 is 9.53 Å². The molecule has 1 aliphatic heterocycles. The van der Waals surface area contributed by atoms with Crippen LogP contribution in [0.15, 0.2) is 36.8 Å². The van der Waals surface area contributed by atoms with Gasteiger partial charge in [-0.3, -0.25) is 4.79 Å².